The molecule has 0 aliphatic rings. The molecule has 0 aliphatic heterocycles. The number of phosphoric ester groups is 1. The van der Waals surface area contributed by atoms with E-state index in [-0.39, 0.29) is 19.1 Å². The highest BCUT2D eigenvalue weighted by molar-refractivity contribution is 7.45. The number of likely N-dealkylation sites (N-methyl/N-ethyl adjacent to an activating group) is 1. The standard InChI is InChI=1S/C54H109N2O6P/c1-6-8-10-11-12-13-14-15-16-17-18-19-20-21-22-23-24-25-26-27-28-29-30-31-32-33-34-35-36-37-38-39-40-41-42-43-44-46-48-54(58)55-52(53(57)47-45-9-7-2)51-62-63(59,60)61-50-49-56(3,4)5/h45,47,52-53,57H,6-44,46,48-51H2,1-5H3,(H-,55,58,59,60)/b47-45+. The van der Waals surface area contributed by atoms with Crippen LogP contribution in [0.3, 0.4) is 0 Å². The lowest BCUT2D eigenvalue weighted by atomic mass is 10.0. The number of aliphatic hydroxyl groups is 1. The largest absolute Gasteiger partial charge is 0.756 e. The van der Waals surface area contributed by atoms with E-state index < -0.39 is 20.0 Å². The van der Waals surface area contributed by atoms with Crippen molar-refractivity contribution in [1.29, 1.82) is 0 Å². The van der Waals surface area contributed by atoms with E-state index in [4.69, 9.17) is 9.05 Å². The molecule has 0 aromatic rings. The Bertz CT molecular complexity index is 1040. The van der Waals surface area contributed by atoms with Crippen LogP contribution in [0, 0.1) is 0 Å². The molecule has 0 fully saturated rings. The van der Waals surface area contributed by atoms with Gasteiger partial charge in [0.1, 0.15) is 13.2 Å². The summed E-state index contributed by atoms with van der Waals surface area (Å²) in [6.07, 6.45) is 57.2. The second-order valence-electron chi connectivity index (χ2n) is 20.3. The smallest absolute Gasteiger partial charge is 0.268 e. The summed E-state index contributed by atoms with van der Waals surface area (Å²) in [5.74, 6) is -0.204. The van der Waals surface area contributed by atoms with Gasteiger partial charge in [-0.15, -0.1) is 0 Å². The minimum Gasteiger partial charge on any atom is -0.756 e. The summed E-state index contributed by atoms with van der Waals surface area (Å²) in [5.41, 5.74) is 0. The van der Waals surface area contributed by atoms with Gasteiger partial charge in [0.25, 0.3) is 7.82 Å². The van der Waals surface area contributed by atoms with Crippen LogP contribution in [-0.2, 0) is 18.4 Å². The Morgan fingerprint density at radius 1 is 0.540 bits per heavy atom. The van der Waals surface area contributed by atoms with Crippen molar-refractivity contribution in [3.05, 3.63) is 12.2 Å². The highest BCUT2D eigenvalue weighted by Crippen LogP contribution is 2.38. The Morgan fingerprint density at radius 2 is 0.857 bits per heavy atom. The van der Waals surface area contributed by atoms with Crippen LogP contribution in [0.1, 0.15) is 277 Å². The van der Waals surface area contributed by atoms with Gasteiger partial charge >= 0.3 is 0 Å². The molecule has 1 amide bonds. The van der Waals surface area contributed by atoms with E-state index >= 15 is 0 Å². The van der Waals surface area contributed by atoms with E-state index in [0.717, 1.165) is 32.1 Å². The molecule has 63 heavy (non-hydrogen) atoms. The lowest BCUT2D eigenvalue weighted by Crippen LogP contribution is -2.45. The van der Waals surface area contributed by atoms with Crippen LogP contribution in [0.4, 0.5) is 0 Å². The number of rotatable bonds is 51. The van der Waals surface area contributed by atoms with Gasteiger partial charge in [-0.2, -0.15) is 0 Å². The minimum absolute atomic E-state index is 0.0000408. The molecule has 376 valence electrons. The summed E-state index contributed by atoms with van der Waals surface area (Å²) in [6, 6.07) is -0.877. The zero-order valence-corrected chi connectivity index (χ0v) is 43.7. The van der Waals surface area contributed by atoms with E-state index in [1.807, 2.05) is 34.1 Å². The normalized spacial score (nSPS) is 14.1. The number of amides is 1. The van der Waals surface area contributed by atoms with Gasteiger partial charge in [0.2, 0.25) is 5.91 Å². The van der Waals surface area contributed by atoms with Crippen molar-refractivity contribution >= 4 is 13.7 Å². The van der Waals surface area contributed by atoms with Crippen LogP contribution in [0.2, 0.25) is 0 Å². The predicted octanol–water partition coefficient (Wildman–Crippen LogP) is 15.6. The van der Waals surface area contributed by atoms with E-state index in [1.165, 1.54) is 225 Å². The Morgan fingerprint density at radius 3 is 1.16 bits per heavy atom. The molecule has 9 heteroatoms. The number of nitrogens with zero attached hydrogens (tertiary/aromatic N) is 1. The fraction of sp³-hybridized carbons (Fsp3) is 0.944. The Balaban J connectivity index is 3.56. The average Bonchev–Trinajstić information content (AvgIpc) is 3.24. The lowest BCUT2D eigenvalue weighted by Gasteiger charge is -2.29. The summed E-state index contributed by atoms with van der Waals surface area (Å²) in [7, 11) is 1.26. The fourth-order valence-corrected chi connectivity index (χ4v) is 9.12. The van der Waals surface area contributed by atoms with Crippen LogP contribution >= 0.6 is 7.82 Å². The molecule has 0 heterocycles. The molecule has 0 saturated heterocycles. The summed E-state index contributed by atoms with van der Waals surface area (Å²) >= 11 is 0. The summed E-state index contributed by atoms with van der Waals surface area (Å²) in [6.45, 7) is 4.45. The maximum absolute atomic E-state index is 12.7. The second-order valence-corrected chi connectivity index (χ2v) is 21.7. The summed E-state index contributed by atoms with van der Waals surface area (Å²) in [5, 5.41) is 13.4. The first kappa shape index (κ1) is 62.2. The lowest BCUT2D eigenvalue weighted by molar-refractivity contribution is -0.870. The van der Waals surface area contributed by atoms with Crippen molar-refractivity contribution in [2.24, 2.45) is 0 Å². The number of carbonyl (C=O) groups excluding carboxylic acids is 1. The number of hydrogen-bond acceptors (Lipinski definition) is 6. The van der Waals surface area contributed by atoms with E-state index in [2.05, 4.69) is 12.2 Å². The molecular weight excluding hydrogens is 804 g/mol. The number of unbranched alkanes of at least 4 members (excludes halogenated alkanes) is 38. The first-order chi connectivity index (χ1) is 30.5. The molecule has 0 aliphatic carbocycles. The third kappa shape index (κ3) is 49.0. The summed E-state index contributed by atoms with van der Waals surface area (Å²) in [4.78, 5) is 25.0. The molecule has 0 aromatic heterocycles. The zero-order valence-electron chi connectivity index (χ0n) is 42.8. The van der Waals surface area contributed by atoms with Gasteiger partial charge in [-0.25, -0.2) is 0 Å². The molecule has 3 atom stereocenters. The maximum Gasteiger partial charge on any atom is 0.268 e. The molecule has 0 spiro atoms. The Kier molecular flexibility index (Phi) is 45.8. The fourth-order valence-electron chi connectivity index (χ4n) is 8.40. The van der Waals surface area contributed by atoms with E-state index in [1.54, 1.807) is 6.08 Å². The summed E-state index contributed by atoms with van der Waals surface area (Å²) < 4.78 is 22.9. The van der Waals surface area contributed by atoms with Gasteiger partial charge in [0.15, 0.2) is 0 Å². The molecular formula is C54H109N2O6P. The molecule has 2 N–H and O–H groups in total. The second kappa shape index (κ2) is 46.4. The zero-order chi connectivity index (χ0) is 46.4. The maximum atomic E-state index is 12.7. The van der Waals surface area contributed by atoms with Gasteiger partial charge in [0, 0.05) is 6.42 Å². The Hall–Kier alpha value is -0.760. The number of allylic oxidation sites excluding steroid dienone is 1. The number of aliphatic hydroxyl groups excluding tert-OH is 1. The van der Waals surface area contributed by atoms with Crippen LogP contribution in [-0.4, -0.2) is 68.5 Å². The first-order valence-corrected chi connectivity index (χ1v) is 29.0. The van der Waals surface area contributed by atoms with Crippen LogP contribution in [0.5, 0.6) is 0 Å². The molecule has 0 saturated carbocycles. The van der Waals surface area contributed by atoms with Gasteiger partial charge in [-0.05, 0) is 12.8 Å². The van der Waals surface area contributed by atoms with Gasteiger partial charge in [-0.3, -0.25) is 9.36 Å². The van der Waals surface area contributed by atoms with E-state index in [9.17, 15) is 19.4 Å². The minimum atomic E-state index is -4.56. The topological polar surface area (TPSA) is 108 Å². The number of nitrogens with one attached hydrogen (secondary N) is 1. The number of quaternary nitrogens is 1. The first-order valence-electron chi connectivity index (χ1n) is 27.6. The molecule has 0 radical (unpaired) electrons. The van der Waals surface area contributed by atoms with Crippen LogP contribution < -0.4 is 10.2 Å². The van der Waals surface area contributed by atoms with Crippen molar-refractivity contribution < 1.29 is 32.9 Å². The SMILES string of the molecule is CCC/C=C/C(O)C(COP(=O)([O-])OCC[N+](C)(C)C)NC(=O)CCCCCCCCCCCCCCCCCCCCCCCCCCCCCCCCCCCCCCCC. The number of hydrogen-bond donors (Lipinski definition) is 2. The van der Waals surface area contributed by atoms with Crippen molar-refractivity contribution in [1.82, 2.24) is 5.32 Å². The van der Waals surface area contributed by atoms with Gasteiger partial charge in [0.05, 0.1) is 39.9 Å². The highest BCUT2D eigenvalue weighted by atomic mass is 31.2. The van der Waals surface area contributed by atoms with Crippen molar-refractivity contribution in [2.45, 2.75) is 289 Å². The van der Waals surface area contributed by atoms with Crippen molar-refractivity contribution in [3.8, 4) is 0 Å². The quantitative estimate of drug-likeness (QED) is 0.0272. The third-order valence-corrected chi connectivity index (χ3v) is 13.7. The van der Waals surface area contributed by atoms with Gasteiger partial charge in [-0.1, -0.05) is 270 Å². The van der Waals surface area contributed by atoms with Crippen molar-refractivity contribution in [2.75, 3.05) is 40.9 Å². The molecule has 0 rings (SSSR count). The monoisotopic (exact) mass is 913 g/mol. The highest BCUT2D eigenvalue weighted by Gasteiger charge is 2.23. The molecule has 8 nitrogen and oxygen atoms in total. The predicted molar refractivity (Wildman–Crippen MR) is 270 cm³/mol. The average molecular weight is 913 g/mol. The molecule has 0 aromatic carbocycles. The van der Waals surface area contributed by atoms with Crippen molar-refractivity contribution in [3.63, 3.8) is 0 Å². The molecule has 0 bridgehead atoms. The third-order valence-electron chi connectivity index (χ3n) is 12.7. The van der Waals surface area contributed by atoms with E-state index in [0.29, 0.717) is 17.4 Å². The molecule has 3 unspecified atom stereocenters. The number of phosphoric acid groups is 1. The van der Waals surface area contributed by atoms with Crippen LogP contribution in [0.15, 0.2) is 12.2 Å². The van der Waals surface area contributed by atoms with Gasteiger partial charge < -0.3 is 28.8 Å². The number of carbonyl (C=O) groups is 1. The van der Waals surface area contributed by atoms with Crippen LogP contribution in [0.25, 0.3) is 0 Å². The Labute approximate surface area is 392 Å².